The average Bonchev–Trinajstić information content (AvgIpc) is 2.96. The van der Waals surface area contributed by atoms with E-state index in [2.05, 4.69) is 5.32 Å². The zero-order valence-electron chi connectivity index (χ0n) is 14.4. The van der Waals surface area contributed by atoms with Gasteiger partial charge in [0, 0.05) is 17.4 Å². The number of fused-ring (bicyclic) bond motifs is 1. The molecule has 3 nitrogen and oxygen atoms in total. The van der Waals surface area contributed by atoms with Gasteiger partial charge in [-0.15, -0.1) is 0 Å². The van der Waals surface area contributed by atoms with Crippen LogP contribution in [0.1, 0.15) is 11.1 Å². The smallest absolute Gasteiger partial charge is 0.143 e. The predicted molar refractivity (Wildman–Crippen MR) is 105 cm³/mol. The SMILES string of the molecule is Cc1cccc(C)c1Nc1c(-c2cccc(F)c2)nc2ccc(Cl)cn12. The van der Waals surface area contributed by atoms with Crippen molar-refractivity contribution < 1.29 is 4.39 Å². The second-order valence-electron chi connectivity index (χ2n) is 6.29. The number of benzene rings is 2. The zero-order chi connectivity index (χ0) is 18.3. The van der Waals surface area contributed by atoms with Gasteiger partial charge in [-0.3, -0.25) is 4.40 Å². The van der Waals surface area contributed by atoms with Crippen molar-refractivity contribution in [2.45, 2.75) is 13.8 Å². The number of para-hydroxylation sites is 1. The monoisotopic (exact) mass is 365 g/mol. The Labute approximate surface area is 156 Å². The number of halogens is 2. The second kappa shape index (κ2) is 6.46. The minimum atomic E-state index is -0.296. The van der Waals surface area contributed by atoms with Crippen molar-refractivity contribution in [3.8, 4) is 11.3 Å². The molecule has 0 spiro atoms. The molecule has 26 heavy (non-hydrogen) atoms. The van der Waals surface area contributed by atoms with Gasteiger partial charge < -0.3 is 5.32 Å². The minimum Gasteiger partial charge on any atom is -0.339 e. The fourth-order valence-electron chi connectivity index (χ4n) is 3.11. The molecule has 0 saturated heterocycles. The molecule has 5 heteroatoms. The Hall–Kier alpha value is -2.85. The molecule has 0 aliphatic heterocycles. The fraction of sp³-hybridized carbons (Fsp3) is 0.0952. The van der Waals surface area contributed by atoms with Crippen LogP contribution in [-0.4, -0.2) is 9.38 Å². The van der Waals surface area contributed by atoms with Crippen molar-refractivity contribution >= 4 is 28.8 Å². The van der Waals surface area contributed by atoms with Gasteiger partial charge in [-0.25, -0.2) is 9.37 Å². The summed E-state index contributed by atoms with van der Waals surface area (Å²) >= 11 is 6.20. The molecule has 2 aromatic carbocycles. The van der Waals surface area contributed by atoms with Gasteiger partial charge in [0.15, 0.2) is 0 Å². The average molecular weight is 366 g/mol. The van der Waals surface area contributed by atoms with Crippen LogP contribution in [0.5, 0.6) is 0 Å². The van der Waals surface area contributed by atoms with E-state index in [1.54, 1.807) is 12.1 Å². The summed E-state index contributed by atoms with van der Waals surface area (Å²) in [7, 11) is 0. The van der Waals surface area contributed by atoms with E-state index in [0.29, 0.717) is 16.3 Å². The van der Waals surface area contributed by atoms with E-state index in [4.69, 9.17) is 16.6 Å². The maximum Gasteiger partial charge on any atom is 0.143 e. The highest BCUT2D eigenvalue weighted by Gasteiger charge is 2.16. The van der Waals surface area contributed by atoms with Gasteiger partial charge >= 0.3 is 0 Å². The normalized spacial score (nSPS) is 11.1. The molecule has 0 atom stereocenters. The molecule has 2 aromatic heterocycles. The van der Waals surface area contributed by atoms with Crippen LogP contribution in [0.15, 0.2) is 60.8 Å². The summed E-state index contributed by atoms with van der Waals surface area (Å²) in [6.45, 7) is 4.10. The lowest BCUT2D eigenvalue weighted by Crippen LogP contribution is -2.00. The van der Waals surface area contributed by atoms with Crippen molar-refractivity contribution in [3.05, 3.63) is 82.8 Å². The summed E-state index contributed by atoms with van der Waals surface area (Å²) in [6.07, 6.45) is 1.81. The third kappa shape index (κ3) is 2.93. The van der Waals surface area contributed by atoms with E-state index in [0.717, 1.165) is 28.3 Å². The van der Waals surface area contributed by atoms with Gasteiger partial charge in [0.2, 0.25) is 0 Å². The number of nitrogens with zero attached hydrogens (tertiary/aromatic N) is 2. The van der Waals surface area contributed by atoms with Gasteiger partial charge in [-0.2, -0.15) is 0 Å². The zero-order valence-corrected chi connectivity index (χ0v) is 15.2. The molecule has 0 bridgehead atoms. The molecular weight excluding hydrogens is 349 g/mol. The van der Waals surface area contributed by atoms with E-state index in [9.17, 15) is 4.39 Å². The highest BCUT2D eigenvalue weighted by Crippen LogP contribution is 2.34. The maximum atomic E-state index is 13.8. The largest absolute Gasteiger partial charge is 0.339 e. The molecule has 0 saturated carbocycles. The summed E-state index contributed by atoms with van der Waals surface area (Å²) in [6, 6.07) is 16.2. The van der Waals surface area contributed by atoms with E-state index < -0.39 is 0 Å². The molecule has 0 unspecified atom stereocenters. The second-order valence-corrected chi connectivity index (χ2v) is 6.72. The lowest BCUT2D eigenvalue weighted by Gasteiger charge is -2.14. The summed E-state index contributed by atoms with van der Waals surface area (Å²) in [5.41, 5.74) is 5.36. The molecule has 130 valence electrons. The van der Waals surface area contributed by atoms with E-state index in [1.165, 1.54) is 12.1 Å². The van der Waals surface area contributed by atoms with Crippen LogP contribution in [0.2, 0.25) is 5.02 Å². The number of hydrogen-bond acceptors (Lipinski definition) is 2. The maximum absolute atomic E-state index is 13.8. The molecule has 4 rings (SSSR count). The van der Waals surface area contributed by atoms with E-state index in [1.807, 2.05) is 54.8 Å². The highest BCUT2D eigenvalue weighted by molar-refractivity contribution is 6.30. The number of anilines is 2. The van der Waals surface area contributed by atoms with Crippen LogP contribution in [0.3, 0.4) is 0 Å². The summed E-state index contributed by atoms with van der Waals surface area (Å²) in [5, 5.41) is 4.10. The molecule has 1 N–H and O–H groups in total. The lowest BCUT2D eigenvalue weighted by molar-refractivity contribution is 0.628. The molecule has 0 radical (unpaired) electrons. The third-order valence-corrected chi connectivity index (χ3v) is 4.63. The van der Waals surface area contributed by atoms with Crippen LogP contribution < -0.4 is 5.32 Å². The molecule has 4 aromatic rings. The van der Waals surface area contributed by atoms with Gasteiger partial charge in [0.25, 0.3) is 0 Å². The number of imidazole rings is 1. The molecule has 2 heterocycles. The first kappa shape index (κ1) is 16.6. The minimum absolute atomic E-state index is 0.296. The molecular formula is C21H17ClFN3. The number of nitrogens with one attached hydrogen (secondary N) is 1. The van der Waals surface area contributed by atoms with Crippen LogP contribution in [0.4, 0.5) is 15.9 Å². The van der Waals surface area contributed by atoms with Crippen molar-refractivity contribution in [1.29, 1.82) is 0 Å². The first-order valence-corrected chi connectivity index (χ1v) is 8.67. The van der Waals surface area contributed by atoms with Gasteiger partial charge in [-0.05, 0) is 49.2 Å². The summed E-state index contributed by atoms with van der Waals surface area (Å²) in [5.74, 6) is 0.459. The Bertz CT molecular complexity index is 1100. The van der Waals surface area contributed by atoms with Crippen LogP contribution in [0.25, 0.3) is 16.9 Å². The first-order chi connectivity index (χ1) is 12.5. The van der Waals surface area contributed by atoms with Crippen LogP contribution >= 0.6 is 11.6 Å². The number of aryl methyl sites for hydroxylation is 2. The van der Waals surface area contributed by atoms with Crippen LogP contribution in [-0.2, 0) is 0 Å². The first-order valence-electron chi connectivity index (χ1n) is 8.30. The molecule has 0 aliphatic rings. The standard InChI is InChI=1S/C21H17ClFN3/c1-13-5-3-6-14(2)19(13)25-21-20(15-7-4-8-17(23)11-15)24-18-10-9-16(22)12-26(18)21/h3-12,25H,1-2H3. The molecule has 0 aliphatic carbocycles. The summed E-state index contributed by atoms with van der Waals surface area (Å²) < 4.78 is 15.7. The Morgan fingerprint density at radius 2 is 1.73 bits per heavy atom. The quantitative estimate of drug-likeness (QED) is 0.471. The topological polar surface area (TPSA) is 29.3 Å². The number of pyridine rings is 1. The van der Waals surface area contributed by atoms with Crippen LogP contribution in [0, 0.1) is 19.7 Å². The van der Waals surface area contributed by atoms with Gasteiger partial charge in [0.05, 0.1) is 5.02 Å². The lowest BCUT2D eigenvalue weighted by atomic mass is 10.1. The van der Waals surface area contributed by atoms with Crippen molar-refractivity contribution in [2.75, 3.05) is 5.32 Å². The van der Waals surface area contributed by atoms with Crippen molar-refractivity contribution in [1.82, 2.24) is 9.38 Å². The van der Waals surface area contributed by atoms with Gasteiger partial charge in [-0.1, -0.05) is 41.9 Å². The number of rotatable bonds is 3. The predicted octanol–water partition coefficient (Wildman–Crippen LogP) is 6.15. The Kier molecular flexibility index (Phi) is 4.13. The van der Waals surface area contributed by atoms with E-state index >= 15 is 0 Å². The Morgan fingerprint density at radius 3 is 2.46 bits per heavy atom. The molecule has 0 amide bonds. The van der Waals surface area contributed by atoms with Crippen molar-refractivity contribution in [2.24, 2.45) is 0 Å². The summed E-state index contributed by atoms with van der Waals surface area (Å²) in [4.78, 5) is 4.70. The highest BCUT2D eigenvalue weighted by atomic mass is 35.5. The third-order valence-electron chi connectivity index (χ3n) is 4.41. The van der Waals surface area contributed by atoms with Gasteiger partial charge in [0.1, 0.15) is 23.0 Å². The van der Waals surface area contributed by atoms with E-state index in [-0.39, 0.29) is 5.82 Å². The Morgan fingerprint density at radius 1 is 1.00 bits per heavy atom. The van der Waals surface area contributed by atoms with Crippen molar-refractivity contribution in [3.63, 3.8) is 0 Å². The number of aromatic nitrogens is 2. The fourth-order valence-corrected chi connectivity index (χ4v) is 3.27. The Balaban J connectivity index is 1.96. The molecule has 0 fully saturated rings. The number of hydrogen-bond donors (Lipinski definition) is 1.